The quantitative estimate of drug-likeness (QED) is 0.450. The Bertz CT molecular complexity index is 1160. The predicted molar refractivity (Wildman–Crippen MR) is 151 cm³/mol. The van der Waals surface area contributed by atoms with Gasteiger partial charge in [0.15, 0.2) is 0 Å². The molecule has 6 heteroatoms. The van der Waals surface area contributed by atoms with Crippen LogP contribution in [-0.2, 0) is 9.47 Å². The third-order valence-corrected chi connectivity index (χ3v) is 13.8. The van der Waals surface area contributed by atoms with Gasteiger partial charge in [0.1, 0.15) is 12.2 Å². The number of esters is 1. The topological polar surface area (TPSA) is 88.9 Å². The number of aliphatic hydroxyl groups excluding tert-OH is 1. The van der Waals surface area contributed by atoms with E-state index < -0.39 is 11.7 Å². The zero-order valence-electron chi connectivity index (χ0n) is 25.1. The molecule has 0 aromatic carbocycles. The highest BCUT2D eigenvalue weighted by Crippen LogP contribution is 2.87. The normalized spacial score (nSPS) is 47.5. The largest absolute Gasteiger partial charge is 0.458 e. The zero-order chi connectivity index (χ0) is 28.3. The first kappa shape index (κ1) is 27.3. The highest BCUT2D eigenvalue weighted by Gasteiger charge is 2.81. The summed E-state index contributed by atoms with van der Waals surface area (Å²) < 4.78 is 12.9. The van der Waals surface area contributed by atoms with Crippen molar-refractivity contribution in [1.29, 1.82) is 0 Å². The van der Waals surface area contributed by atoms with E-state index in [9.17, 15) is 15.0 Å². The van der Waals surface area contributed by atoms with Gasteiger partial charge >= 0.3 is 5.97 Å². The molecular weight excluding hydrogens is 502 g/mol. The molecule has 40 heavy (non-hydrogen) atoms. The number of rotatable bonds is 4. The van der Waals surface area contributed by atoms with Crippen molar-refractivity contribution >= 4 is 5.97 Å². The van der Waals surface area contributed by atoms with Crippen LogP contribution in [0.25, 0.3) is 0 Å². The molecule has 6 aliphatic rings. The minimum Gasteiger partial charge on any atom is -0.458 e. The summed E-state index contributed by atoms with van der Waals surface area (Å²) in [5.74, 6) is 2.34. The van der Waals surface area contributed by atoms with Gasteiger partial charge in [-0.1, -0.05) is 20.8 Å². The smallest absolute Gasteiger partial charge is 0.339 e. The van der Waals surface area contributed by atoms with Crippen molar-refractivity contribution < 1.29 is 24.5 Å². The lowest BCUT2D eigenvalue weighted by Crippen LogP contribution is -2.55. The molecule has 8 unspecified atom stereocenters. The number of hydrogen-bond donors (Lipinski definition) is 2. The maximum absolute atomic E-state index is 13.0. The average molecular weight is 552 g/mol. The standard InChI is InChI=1S/C34H49NO5/c1-30(2)26-11-9-21-23-17-25-22(8-10-24(39-25)28(36)31(3,4)38)32(23,5)14-15-33(21)19-34(26,33)13-12-27(30)40-29(37)20-7-6-16-35-18-20/h6-7,16,18,21-28,36,38H,8-15,17,19H2,1-5H3/t21?,22?,23?,24?,25?,26?,27-,28-,32?,33-,34?/m0/s1. The van der Waals surface area contributed by atoms with Gasteiger partial charge in [0.2, 0.25) is 0 Å². The second-order valence-electron chi connectivity index (χ2n) is 16.1. The Morgan fingerprint density at radius 2 is 1.82 bits per heavy atom. The van der Waals surface area contributed by atoms with Crippen LogP contribution in [0.4, 0.5) is 0 Å². The summed E-state index contributed by atoms with van der Waals surface area (Å²) in [4.78, 5) is 17.1. The van der Waals surface area contributed by atoms with Crippen molar-refractivity contribution in [1.82, 2.24) is 4.98 Å². The van der Waals surface area contributed by atoms with Gasteiger partial charge < -0.3 is 19.7 Å². The lowest BCUT2D eigenvalue weighted by Gasteiger charge is -2.59. The van der Waals surface area contributed by atoms with Crippen LogP contribution in [0.5, 0.6) is 0 Å². The zero-order valence-corrected chi connectivity index (χ0v) is 25.1. The summed E-state index contributed by atoms with van der Waals surface area (Å²) in [5, 5.41) is 21.2. The lowest BCUT2D eigenvalue weighted by atomic mass is 9.46. The van der Waals surface area contributed by atoms with E-state index in [1.54, 1.807) is 38.4 Å². The maximum Gasteiger partial charge on any atom is 0.339 e. The fraction of sp³-hybridized carbons (Fsp3) is 0.824. The van der Waals surface area contributed by atoms with Gasteiger partial charge in [0, 0.05) is 17.8 Å². The Balaban J connectivity index is 1.09. The number of pyridine rings is 1. The van der Waals surface area contributed by atoms with Crippen LogP contribution in [0, 0.1) is 45.3 Å². The minimum atomic E-state index is -1.15. The predicted octanol–water partition coefficient (Wildman–Crippen LogP) is 5.95. The maximum atomic E-state index is 13.0. The minimum absolute atomic E-state index is 0.0431. The fourth-order valence-corrected chi connectivity index (χ4v) is 11.8. The van der Waals surface area contributed by atoms with Crippen molar-refractivity contribution in [3.63, 3.8) is 0 Å². The van der Waals surface area contributed by atoms with Crippen LogP contribution in [0.15, 0.2) is 24.5 Å². The Morgan fingerprint density at radius 1 is 1.05 bits per heavy atom. The molecule has 6 nitrogen and oxygen atoms in total. The van der Waals surface area contributed by atoms with Crippen molar-refractivity contribution in [2.75, 3.05) is 0 Å². The van der Waals surface area contributed by atoms with E-state index in [4.69, 9.17) is 9.47 Å². The van der Waals surface area contributed by atoms with E-state index in [-0.39, 0.29) is 29.7 Å². The third kappa shape index (κ3) is 3.63. The number of carbonyl (C=O) groups excluding carboxylic acids is 1. The van der Waals surface area contributed by atoms with Gasteiger partial charge in [0.05, 0.1) is 23.4 Å². The van der Waals surface area contributed by atoms with Crippen molar-refractivity contribution in [2.24, 2.45) is 45.3 Å². The van der Waals surface area contributed by atoms with Gasteiger partial charge in [0.25, 0.3) is 0 Å². The van der Waals surface area contributed by atoms with Gasteiger partial charge in [-0.15, -0.1) is 0 Å². The highest BCUT2D eigenvalue weighted by atomic mass is 16.5. The molecule has 0 amide bonds. The first-order valence-electron chi connectivity index (χ1n) is 16.0. The SMILES string of the molecule is CC12CC[C@@]34CC35CC[C@H](OC(=O)c3cccnc3)C(C)(C)C5CCC4C1CC1OC([C@H](O)C(C)(C)O)CCC12. The van der Waals surface area contributed by atoms with E-state index in [0.717, 1.165) is 31.6 Å². The second kappa shape index (κ2) is 8.76. The van der Waals surface area contributed by atoms with Gasteiger partial charge in [-0.25, -0.2) is 4.79 Å². The number of fused-ring (bicyclic) bond motifs is 4. The molecular formula is C34H49NO5. The Kier molecular flexibility index (Phi) is 5.99. The first-order chi connectivity index (χ1) is 18.8. The van der Waals surface area contributed by atoms with E-state index in [1.165, 1.54) is 38.5 Å². The number of aromatic nitrogens is 1. The summed E-state index contributed by atoms with van der Waals surface area (Å²) >= 11 is 0. The molecule has 7 rings (SSSR count). The molecule has 5 saturated carbocycles. The molecule has 6 fully saturated rings. The second-order valence-corrected chi connectivity index (χ2v) is 16.1. The van der Waals surface area contributed by atoms with Crippen LogP contribution >= 0.6 is 0 Å². The lowest BCUT2D eigenvalue weighted by molar-refractivity contribution is -0.177. The molecule has 2 N–H and O–H groups in total. The molecule has 1 saturated heterocycles. The highest BCUT2D eigenvalue weighted by molar-refractivity contribution is 5.89. The van der Waals surface area contributed by atoms with Crippen LogP contribution in [0.3, 0.4) is 0 Å². The molecule has 2 spiro atoms. The number of aliphatic hydroxyl groups is 2. The van der Waals surface area contributed by atoms with Crippen molar-refractivity contribution in [3.8, 4) is 0 Å². The Morgan fingerprint density at radius 3 is 2.55 bits per heavy atom. The number of carbonyl (C=O) groups is 1. The molecule has 1 aliphatic heterocycles. The van der Waals surface area contributed by atoms with E-state index in [1.807, 2.05) is 0 Å². The molecule has 0 bridgehead atoms. The summed E-state index contributed by atoms with van der Waals surface area (Å²) in [6.45, 7) is 10.7. The van der Waals surface area contributed by atoms with E-state index >= 15 is 0 Å². The van der Waals surface area contributed by atoms with Gasteiger partial charge in [-0.2, -0.15) is 0 Å². The molecule has 5 aliphatic carbocycles. The van der Waals surface area contributed by atoms with Gasteiger partial charge in [-0.3, -0.25) is 4.98 Å². The van der Waals surface area contributed by atoms with Gasteiger partial charge in [-0.05, 0) is 130 Å². The fourth-order valence-electron chi connectivity index (χ4n) is 11.8. The van der Waals surface area contributed by atoms with Crippen molar-refractivity contribution in [3.05, 3.63) is 30.1 Å². The Labute approximate surface area is 239 Å². The summed E-state index contributed by atoms with van der Waals surface area (Å²) in [6.07, 6.45) is 14.0. The van der Waals surface area contributed by atoms with E-state index in [0.29, 0.717) is 39.6 Å². The number of ether oxygens (including phenoxy) is 2. The van der Waals surface area contributed by atoms with E-state index in [2.05, 4.69) is 25.8 Å². The summed E-state index contributed by atoms with van der Waals surface area (Å²) in [7, 11) is 0. The number of hydrogen-bond acceptors (Lipinski definition) is 6. The summed E-state index contributed by atoms with van der Waals surface area (Å²) in [6, 6.07) is 3.59. The van der Waals surface area contributed by atoms with Crippen LogP contribution in [0.1, 0.15) is 109 Å². The molecule has 2 heterocycles. The van der Waals surface area contributed by atoms with Crippen molar-refractivity contribution in [2.45, 2.75) is 129 Å². The third-order valence-electron chi connectivity index (χ3n) is 13.8. The van der Waals surface area contributed by atoms with Crippen LogP contribution in [-0.4, -0.2) is 51.2 Å². The summed E-state index contributed by atoms with van der Waals surface area (Å²) in [5.41, 5.74) is 0.500. The van der Waals surface area contributed by atoms with Crippen LogP contribution in [0.2, 0.25) is 0 Å². The molecule has 11 atom stereocenters. The molecule has 220 valence electrons. The molecule has 1 aromatic heterocycles. The number of nitrogens with zero attached hydrogens (tertiary/aromatic N) is 1. The van der Waals surface area contributed by atoms with Crippen LogP contribution < -0.4 is 0 Å². The monoisotopic (exact) mass is 551 g/mol. The molecule has 1 aromatic rings. The average Bonchev–Trinajstić information content (AvgIpc) is 3.49. The molecule has 0 radical (unpaired) electrons. The Hall–Kier alpha value is -1.50. The first-order valence-corrected chi connectivity index (χ1v) is 16.0.